The summed E-state index contributed by atoms with van der Waals surface area (Å²) in [6, 6.07) is 1.32. The topological polar surface area (TPSA) is 84.3 Å². The second kappa shape index (κ2) is 8.18. The fraction of sp³-hybridized carbons (Fsp3) is 0.583. The van der Waals surface area contributed by atoms with Gasteiger partial charge in [-0.3, -0.25) is 14.9 Å². The summed E-state index contributed by atoms with van der Waals surface area (Å²) >= 11 is 0.978. The van der Waals surface area contributed by atoms with Gasteiger partial charge in [-0.05, 0) is 38.3 Å². The van der Waals surface area contributed by atoms with Crippen molar-refractivity contribution in [3.05, 3.63) is 27.1 Å². The normalized spacial score (nSPS) is 18.1. The second-order valence-corrected chi connectivity index (χ2v) is 5.58. The van der Waals surface area contributed by atoms with Gasteiger partial charge in [0.2, 0.25) is 0 Å². The Morgan fingerprint density at radius 2 is 2.40 bits per heavy atom. The summed E-state index contributed by atoms with van der Waals surface area (Å²) in [6.07, 6.45) is 3.34. The highest BCUT2D eigenvalue weighted by Crippen LogP contribution is 2.22. The summed E-state index contributed by atoms with van der Waals surface area (Å²) in [7, 11) is 0. The van der Waals surface area contributed by atoms with Crippen molar-refractivity contribution in [3.8, 4) is 0 Å². The minimum absolute atomic E-state index is 0. The van der Waals surface area contributed by atoms with E-state index in [4.69, 9.17) is 0 Å². The van der Waals surface area contributed by atoms with Gasteiger partial charge in [-0.25, -0.2) is 0 Å². The number of hydrogen-bond donors (Lipinski definition) is 2. The second-order valence-electron chi connectivity index (χ2n) is 4.69. The number of hydrogen-bond acceptors (Lipinski definition) is 5. The number of thiophene rings is 1. The molecule has 1 fully saturated rings. The molecular formula is C12H18ClN3O3S. The number of halogens is 1. The van der Waals surface area contributed by atoms with Crippen molar-refractivity contribution >= 4 is 34.7 Å². The van der Waals surface area contributed by atoms with E-state index in [9.17, 15) is 14.9 Å². The maximum absolute atomic E-state index is 11.8. The molecule has 2 N–H and O–H groups in total. The lowest BCUT2D eigenvalue weighted by atomic mass is 9.96. The molecule has 112 valence electrons. The third-order valence-electron chi connectivity index (χ3n) is 3.26. The molecule has 2 rings (SSSR count). The largest absolute Gasteiger partial charge is 0.352 e. The maximum atomic E-state index is 11.8. The molecule has 1 aliphatic rings. The smallest absolute Gasteiger partial charge is 0.324 e. The van der Waals surface area contributed by atoms with Crippen LogP contribution < -0.4 is 10.6 Å². The van der Waals surface area contributed by atoms with Gasteiger partial charge < -0.3 is 10.6 Å². The minimum atomic E-state index is -0.477. The zero-order chi connectivity index (χ0) is 13.7. The van der Waals surface area contributed by atoms with Crippen LogP contribution in [0.4, 0.5) is 5.00 Å². The van der Waals surface area contributed by atoms with Crippen molar-refractivity contribution < 1.29 is 9.72 Å². The predicted octanol–water partition coefficient (Wildman–Crippen LogP) is 2.20. The highest BCUT2D eigenvalue weighted by molar-refractivity contribution is 7.13. The number of piperidine rings is 1. The molecule has 2 heterocycles. The van der Waals surface area contributed by atoms with E-state index in [0.29, 0.717) is 18.0 Å². The molecule has 0 saturated carbocycles. The Morgan fingerprint density at radius 3 is 3.00 bits per heavy atom. The number of nitrogens with zero attached hydrogens (tertiary/aromatic N) is 1. The third kappa shape index (κ3) is 4.73. The summed E-state index contributed by atoms with van der Waals surface area (Å²) in [5, 5.41) is 18.2. The van der Waals surface area contributed by atoms with Crippen LogP contribution in [-0.2, 0) is 0 Å². The lowest BCUT2D eigenvalue weighted by Crippen LogP contribution is -2.33. The molecule has 0 spiro atoms. The zero-order valence-electron chi connectivity index (χ0n) is 11.0. The van der Waals surface area contributed by atoms with E-state index in [1.165, 1.54) is 24.3 Å². The minimum Gasteiger partial charge on any atom is -0.352 e. The van der Waals surface area contributed by atoms with Gasteiger partial charge in [0.25, 0.3) is 5.91 Å². The van der Waals surface area contributed by atoms with Crippen LogP contribution in [0.3, 0.4) is 0 Å². The number of amides is 1. The summed E-state index contributed by atoms with van der Waals surface area (Å²) in [6.45, 7) is 2.72. The third-order valence-corrected chi connectivity index (χ3v) is 4.15. The Bertz CT molecular complexity index is 461. The van der Waals surface area contributed by atoms with Gasteiger partial charge in [0.15, 0.2) is 0 Å². The predicted molar refractivity (Wildman–Crippen MR) is 80.8 cm³/mol. The molecule has 8 heteroatoms. The van der Waals surface area contributed by atoms with Gasteiger partial charge >= 0.3 is 5.00 Å². The molecule has 1 saturated heterocycles. The summed E-state index contributed by atoms with van der Waals surface area (Å²) in [5.74, 6) is 0.388. The quantitative estimate of drug-likeness (QED) is 0.643. The van der Waals surface area contributed by atoms with E-state index in [1.807, 2.05) is 0 Å². The maximum Gasteiger partial charge on any atom is 0.324 e. The van der Waals surface area contributed by atoms with Gasteiger partial charge in [0, 0.05) is 18.0 Å². The fourth-order valence-electron chi connectivity index (χ4n) is 2.20. The SMILES string of the molecule is Cl.O=C(NCCC1CCCNC1)c1csc([N+](=O)[O-])c1. The Hall–Kier alpha value is -1.18. The van der Waals surface area contributed by atoms with Crippen LogP contribution in [0.5, 0.6) is 0 Å². The Kier molecular flexibility index (Phi) is 6.90. The summed E-state index contributed by atoms with van der Waals surface area (Å²) < 4.78 is 0. The standard InChI is InChI=1S/C12H17N3O3S.ClH/c16-12(10-6-11(15(17)18)19-8-10)14-5-3-9-2-1-4-13-7-9;/h6,8-9,13H,1-5,7H2,(H,14,16);1H. The van der Waals surface area contributed by atoms with E-state index in [2.05, 4.69) is 10.6 Å². The highest BCUT2D eigenvalue weighted by Gasteiger charge is 2.16. The average Bonchev–Trinajstić information content (AvgIpc) is 2.89. The van der Waals surface area contributed by atoms with E-state index >= 15 is 0 Å². The molecule has 0 aromatic carbocycles. The van der Waals surface area contributed by atoms with Crippen LogP contribution in [-0.4, -0.2) is 30.5 Å². The zero-order valence-corrected chi connectivity index (χ0v) is 12.6. The molecule has 1 amide bonds. The molecule has 1 aromatic rings. The van der Waals surface area contributed by atoms with Crippen LogP contribution in [0.2, 0.25) is 0 Å². The van der Waals surface area contributed by atoms with Crippen molar-refractivity contribution in [3.63, 3.8) is 0 Å². The first kappa shape index (κ1) is 16.9. The van der Waals surface area contributed by atoms with Crippen molar-refractivity contribution in [2.24, 2.45) is 5.92 Å². The van der Waals surface area contributed by atoms with Crippen LogP contribution in [0, 0.1) is 16.0 Å². The lowest BCUT2D eigenvalue weighted by Gasteiger charge is -2.22. The lowest BCUT2D eigenvalue weighted by molar-refractivity contribution is -0.380. The monoisotopic (exact) mass is 319 g/mol. The fourth-order valence-corrected chi connectivity index (χ4v) is 2.91. The van der Waals surface area contributed by atoms with Crippen LogP contribution in [0.25, 0.3) is 0 Å². The molecule has 0 aliphatic carbocycles. The van der Waals surface area contributed by atoms with Crippen LogP contribution in [0.15, 0.2) is 11.4 Å². The van der Waals surface area contributed by atoms with Crippen molar-refractivity contribution in [2.45, 2.75) is 19.3 Å². The van der Waals surface area contributed by atoms with Crippen molar-refractivity contribution in [1.82, 2.24) is 10.6 Å². The molecule has 20 heavy (non-hydrogen) atoms. The van der Waals surface area contributed by atoms with Crippen molar-refractivity contribution in [2.75, 3.05) is 19.6 Å². The Morgan fingerprint density at radius 1 is 1.60 bits per heavy atom. The highest BCUT2D eigenvalue weighted by atomic mass is 35.5. The van der Waals surface area contributed by atoms with Crippen molar-refractivity contribution in [1.29, 1.82) is 0 Å². The number of rotatable bonds is 5. The molecule has 6 nitrogen and oxygen atoms in total. The van der Waals surface area contributed by atoms with Gasteiger partial charge in [-0.1, -0.05) is 11.3 Å². The van der Waals surface area contributed by atoms with E-state index in [0.717, 1.165) is 30.8 Å². The number of carbonyl (C=O) groups is 1. The van der Waals surface area contributed by atoms with Crippen LogP contribution in [0.1, 0.15) is 29.6 Å². The molecule has 1 aromatic heterocycles. The molecule has 1 unspecified atom stereocenters. The molecular weight excluding hydrogens is 302 g/mol. The molecule has 1 aliphatic heterocycles. The summed E-state index contributed by atoms with van der Waals surface area (Å²) in [4.78, 5) is 21.8. The molecule has 0 bridgehead atoms. The molecule has 0 radical (unpaired) electrons. The van der Waals surface area contributed by atoms with Gasteiger partial charge in [-0.15, -0.1) is 12.4 Å². The van der Waals surface area contributed by atoms with Gasteiger partial charge in [-0.2, -0.15) is 0 Å². The summed E-state index contributed by atoms with van der Waals surface area (Å²) in [5.41, 5.74) is 0.374. The van der Waals surface area contributed by atoms with E-state index in [1.54, 1.807) is 0 Å². The average molecular weight is 320 g/mol. The molecule has 1 atom stereocenters. The number of nitro groups is 1. The Balaban J connectivity index is 0.00000200. The number of nitrogens with one attached hydrogen (secondary N) is 2. The first-order valence-electron chi connectivity index (χ1n) is 6.38. The first-order chi connectivity index (χ1) is 9.16. The van der Waals surface area contributed by atoms with E-state index in [-0.39, 0.29) is 23.3 Å². The Labute approximate surface area is 127 Å². The van der Waals surface area contributed by atoms with Gasteiger partial charge in [0.05, 0.1) is 10.5 Å². The first-order valence-corrected chi connectivity index (χ1v) is 7.26. The van der Waals surface area contributed by atoms with E-state index < -0.39 is 4.92 Å². The van der Waals surface area contributed by atoms with Crippen LogP contribution >= 0.6 is 23.7 Å². The van der Waals surface area contributed by atoms with Gasteiger partial charge in [0.1, 0.15) is 0 Å². The number of carbonyl (C=O) groups excluding carboxylic acids is 1.